The van der Waals surface area contributed by atoms with E-state index in [0.29, 0.717) is 32.9 Å². The molecular weight excluding hydrogens is 672 g/mol. The average Bonchev–Trinajstić information content (AvgIpc) is 3.77. The number of fused-ring (bicyclic) bond motifs is 2. The minimum atomic E-state index is -0.528. The van der Waals surface area contributed by atoms with Crippen LogP contribution < -0.4 is 10.6 Å². The number of benzene rings is 3. The molecule has 0 amide bonds. The van der Waals surface area contributed by atoms with Gasteiger partial charge in [-0.15, -0.1) is 5.10 Å². The first-order valence-electron chi connectivity index (χ1n) is 17.0. The van der Waals surface area contributed by atoms with E-state index in [1.165, 1.54) is 29.5 Å². The van der Waals surface area contributed by atoms with E-state index in [1.807, 2.05) is 16.8 Å². The predicted octanol–water partition coefficient (Wildman–Crippen LogP) is 8.86. The first-order chi connectivity index (χ1) is 24.0. The molecule has 0 saturated carbocycles. The number of halogens is 3. The zero-order valence-corrected chi connectivity index (χ0v) is 30.2. The molecule has 4 heterocycles. The first kappa shape index (κ1) is 34.2. The van der Waals surface area contributed by atoms with Crippen LogP contribution in [-0.2, 0) is 13.1 Å². The van der Waals surface area contributed by atoms with E-state index in [4.69, 9.17) is 28.3 Å². The van der Waals surface area contributed by atoms with Crippen molar-refractivity contribution in [2.24, 2.45) is 0 Å². The van der Waals surface area contributed by atoms with Crippen LogP contribution in [0.4, 0.5) is 21.5 Å². The number of pyridine rings is 1. The summed E-state index contributed by atoms with van der Waals surface area (Å²) < 4.78 is 16.0. The Hall–Kier alpha value is -4.27. The number of anilines is 3. The lowest BCUT2D eigenvalue weighted by Crippen LogP contribution is -2.46. The smallest absolute Gasteiger partial charge is 0.141 e. The lowest BCUT2D eigenvalue weighted by atomic mass is 9.95. The summed E-state index contributed by atoms with van der Waals surface area (Å²) in [6, 6.07) is 16.8. The molecule has 50 heavy (non-hydrogen) atoms. The maximum absolute atomic E-state index is 14.0. The Labute approximate surface area is 302 Å². The van der Waals surface area contributed by atoms with Crippen LogP contribution in [0, 0.1) is 17.1 Å². The molecule has 9 nitrogen and oxygen atoms in total. The third kappa shape index (κ3) is 6.75. The maximum Gasteiger partial charge on any atom is 0.141 e. The first-order valence-corrected chi connectivity index (χ1v) is 17.8. The molecule has 12 heteroatoms. The Morgan fingerprint density at radius 2 is 1.82 bits per heavy atom. The largest absolute Gasteiger partial charge is 0.373 e. The number of nitriles is 1. The van der Waals surface area contributed by atoms with Crippen LogP contribution in [0.3, 0.4) is 0 Å². The van der Waals surface area contributed by atoms with Crippen molar-refractivity contribution in [3.05, 3.63) is 105 Å². The van der Waals surface area contributed by atoms with Crippen molar-refractivity contribution < 1.29 is 4.39 Å². The molecule has 2 N–H and O–H groups in total. The normalized spacial score (nSPS) is 16.4. The van der Waals surface area contributed by atoms with E-state index < -0.39 is 5.82 Å². The zero-order valence-electron chi connectivity index (χ0n) is 28.6. The van der Waals surface area contributed by atoms with E-state index >= 15 is 0 Å². The molecule has 1 fully saturated rings. The number of nitrogens with zero attached hydrogens (tertiary/aromatic N) is 7. The Morgan fingerprint density at radius 3 is 2.54 bits per heavy atom. The van der Waals surface area contributed by atoms with E-state index in [0.717, 1.165) is 62.5 Å². The van der Waals surface area contributed by atoms with Gasteiger partial charge in [0.05, 0.1) is 45.1 Å². The number of nitrogens with one attached hydrogen (secondary N) is 2. The SMILES string of the molecule is CCN1Cc2cccc([C@H](Nc3cc(Cl)c4ncc(C#N)c(Nc5ccc(F)c(Cl)c5)c4c3)c3cn(C4CCN(C(C)(C)C)CC4)nn3)c2C1. The fourth-order valence-corrected chi connectivity index (χ4v) is 7.62. The van der Waals surface area contributed by atoms with Gasteiger partial charge in [-0.3, -0.25) is 14.8 Å². The van der Waals surface area contributed by atoms with Gasteiger partial charge in [0.25, 0.3) is 0 Å². The molecule has 5 aromatic rings. The predicted molar refractivity (Wildman–Crippen MR) is 197 cm³/mol. The fourth-order valence-electron chi connectivity index (χ4n) is 7.17. The summed E-state index contributed by atoms with van der Waals surface area (Å²) in [6.07, 6.45) is 5.58. The van der Waals surface area contributed by atoms with Crippen LogP contribution in [0.15, 0.2) is 60.9 Å². The van der Waals surface area contributed by atoms with Crippen molar-refractivity contribution in [1.82, 2.24) is 29.8 Å². The van der Waals surface area contributed by atoms with Gasteiger partial charge in [0.1, 0.15) is 17.6 Å². The van der Waals surface area contributed by atoms with Crippen LogP contribution >= 0.6 is 23.2 Å². The Morgan fingerprint density at radius 1 is 1.04 bits per heavy atom. The number of piperidine rings is 1. The van der Waals surface area contributed by atoms with Gasteiger partial charge < -0.3 is 10.6 Å². The van der Waals surface area contributed by atoms with Crippen molar-refractivity contribution in [1.29, 1.82) is 5.26 Å². The topological polar surface area (TPSA) is 97.9 Å². The van der Waals surface area contributed by atoms with Crippen molar-refractivity contribution >= 4 is 51.2 Å². The molecule has 0 bridgehead atoms. The number of hydrogen-bond donors (Lipinski definition) is 2. The van der Waals surface area contributed by atoms with E-state index in [-0.39, 0.29) is 22.6 Å². The van der Waals surface area contributed by atoms with Gasteiger partial charge in [-0.25, -0.2) is 9.07 Å². The second-order valence-corrected chi connectivity index (χ2v) is 15.0. The summed E-state index contributed by atoms with van der Waals surface area (Å²) in [7, 11) is 0. The molecule has 0 radical (unpaired) electrons. The second-order valence-electron chi connectivity index (χ2n) is 14.1. The Kier molecular flexibility index (Phi) is 9.44. The summed E-state index contributed by atoms with van der Waals surface area (Å²) in [5.41, 5.74) is 7.25. The van der Waals surface area contributed by atoms with Crippen LogP contribution in [-0.4, -0.2) is 55.0 Å². The average molecular weight is 713 g/mol. The summed E-state index contributed by atoms with van der Waals surface area (Å²) in [4.78, 5) is 9.47. The zero-order chi connectivity index (χ0) is 35.2. The fraction of sp³-hybridized carbons (Fsp3) is 0.368. The lowest BCUT2D eigenvalue weighted by Gasteiger charge is -2.40. The molecule has 0 unspecified atom stereocenters. The molecule has 2 aliphatic heterocycles. The number of aromatic nitrogens is 4. The molecule has 0 spiro atoms. The maximum atomic E-state index is 14.0. The van der Waals surface area contributed by atoms with Crippen molar-refractivity contribution in [3.63, 3.8) is 0 Å². The molecule has 1 saturated heterocycles. The number of rotatable bonds is 8. The van der Waals surface area contributed by atoms with Gasteiger partial charge >= 0.3 is 0 Å². The van der Waals surface area contributed by atoms with Gasteiger partial charge in [-0.1, -0.05) is 53.5 Å². The molecule has 258 valence electrons. The summed E-state index contributed by atoms with van der Waals surface area (Å²) >= 11 is 13.0. The number of likely N-dealkylation sites (tertiary alicyclic amines) is 1. The molecule has 1 atom stereocenters. The highest BCUT2D eigenvalue weighted by Crippen LogP contribution is 2.39. The van der Waals surface area contributed by atoms with E-state index in [9.17, 15) is 9.65 Å². The third-order valence-corrected chi connectivity index (χ3v) is 10.6. The van der Waals surface area contributed by atoms with Gasteiger partial charge in [-0.2, -0.15) is 5.26 Å². The standard InChI is InChI=1S/C38H40Cl2FN9/c1-5-48-20-23-7-6-8-28(30(23)21-48)37(34-22-50(47-46-34)27-11-13-49(14-12-27)38(2,3)4)45-26-15-29-35(44-25-9-10-33(41)31(39)16-25)24(18-42)19-43-36(29)32(40)17-26/h6-10,15-17,19,22,27,37,45H,5,11-14,20-21H2,1-4H3,(H,43,44)/t37-/m0/s1. The van der Waals surface area contributed by atoms with Gasteiger partial charge in [0.15, 0.2) is 0 Å². The highest BCUT2D eigenvalue weighted by Gasteiger charge is 2.31. The highest BCUT2D eigenvalue weighted by molar-refractivity contribution is 6.36. The summed E-state index contributed by atoms with van der Waals surface area (Å²) in [6.45, 7) is 13.7. The molecule has 2 aromatic heterocycles. The molecule has 0 aliphatic carbocycles. The van der Waals surface area contributed by atoms with Crippen LogP contribution in [0.25, 0.3) is 10.9 Å². The lowest BCUT2D eigenvalue weighted by molar-refractivity contribution is 0.0866. The third-order valence-electron chi connectivity index (χ3n) is 10.00. The van der Waals surface area contributed by atoms with Gasteiger partial charge in [0, 0.05) is 54.7 Å². The molecule has 3 aromatic carbocycles. The minimum Gasteiger partial charge on any atom is -0.373 e. The Bertz CT molecular complexity index is 2090. The summed E-state index contributed by atoms with van der Waals surface area (Å²) in [5, 5.41) is 27.5. The van der Waals surface area contributed by atoms with Crippen molar-refractivity contribution in [2.75, 3.05) is 30.3 Å². The molecule has 2 aliphatic rings. The van der Waals surface area contributed by atoms with Crippen molar-refractivity contribution in [3.8, 4) is 6.07 Å². The van der Waals surface area contributed by atoms with Crippen molar-refractivity contribution in [2.45, 2.75) is 71.2 Å². The van der Waals surface area contributed by atoms with E-state index in [1.54, 1.807) is 6.07 Å². The van der Waals surface area contributed by atoms with Crippen LogP contribution in [0.2, 0.25) is 10.0 Å². The Balaban J connectivity index is 1.28. The van der Waals surface area contributed by atoms with Crippen LogP contribution in [0.5, 0.6) is 0 Å². The molecular formula is C38H40Cl2FN9. The monoisotopic (exact) mass is 711 g/mol. The molecule has 7 rings (SSSR count). The second kappa shape index (κ2) is 13.8. The minimum absolute atomic E-state index is 0.0278. The van der Waals surface area contributed by atoms with E-state index in [2.05, 4.69) is 88.8 Å². The quantitative estimate of drug-likeness (QED) is 0.165. The highest BCUT2D eigenvalue weighted by atomic mass is 35.5. The summed E-state index contributed by atoms with van der Waals surface area (Å²) in [5.74, 6) is -0.528. The van der Waals surface area contributed by atoms with Gasteiger partial charge in [-0.05, 0) is 87.2 Å². The van der Waals surface area contributed by atoms with Crippen LogP contribution in [0.1, 0.15) is 80.6 Å². The van der Waals surface area contributed by atoms with Gasteiger partial charge in [0.2, 0.25) is 0 Å². The number of hydrogen-bond acceptors (Lipinski definition) is 8.